The van der Waals surface area contributed by atoms with E-state index in [1.54, 1.807) is 0 Å². The SMILES string of the molecule is CC1(C)Cc2c(sc(NC(=O)C(=O)NC[C@H]3CCCO3)c2C(=O)[O-])CO1. The average molecular weight is 381 g/mol. The number of carboxylic acids is 1. The molecule has 1 fully saturated rings. The van der Waals surface area contributed by atoms with Crippen molar-refractivity contribution in [2.24, 2.45) is 0 Å². The molecule has 0 aromatic carbocycles. The summed E-state index contributed by atoms with van der Waals surface area (Å²) in [5.74, 6) is -3.12. The van der Waals surface area contributed by atoms with Crippen LogP contribution in [0, 0.1) is 0 Å². The summed E-state index contributed by atoms with van der Waals surface area (Å²) in [6.45, 7) is 4.89. The van der Waals surface area contributed by atoms with E-state index < -0.39 is 23.4 Å². The standard InChI is InChI=1S/C17H22N2O6S/c1-17(2)6-10-11(8-25-17)26-15(12(10)16(22)23)19-14(21)13(20)18-7-9-4-3-5-24-9/h9H,3-8H2,1-2H3,(H,18,20)(H,19,21)(H,22,23)/p-1/t9-/m1/s1. The Morgan fingerprint density at radius 3 is 2.73 bits per heavy atom. The molecule has 8 nitrogen and oxygen atoms in total. The van der Waals surface area contributed by atoms with Crippen molar-refractivity contribution in [1.29, 1.82) is 0 Å². The van der Waals surface area contributed by atoms with Crippen LogP contribution < -0.4 is 15.7 Å². The molecule has 1 aromatic rings. The van der Waals surface area contributed by atoms with Crippen LogP contribution in [-0.2, 0) is 32.1 Å². The van der Waals surface area contributed by atoms with Gasteiger partial charge in [0.1, 0.15) is 5.00 Å². The maximum Gasteiger partial charge on any atom is 0.314 e. The molecule has 142 valence electrons. The smallest absolute Gasteiger partial charge is 0.314 e. The summed E-state index contributed by atoms with van der Waals surface area (Å²) in [5, 5.41) is 16.6. The van der Waals surface area contributed by atoms with Gasteiger partial charge in [-0.25, -0.2) is 0 Å². The zero-order valence-electron chi connectivity index (χ0n) is 14.7. The molecule has 2 aliphatic rings. The normalized spacial score (nSPS) is 21.1. The summed E-state index contributed by atoms with van der Waals surface area (Å²) < 4.78 is 11.1. The lowest BCUT2D eigenvalue weighted by Crippen LogP contribution is -2.39. The van der Waals surface area contributed by atoms with Crippen molar-refractivity contribution in [3.63, 3.8) is 0 Å². The molecule has 0 aliphatic carbocycles. The molecular weight excluding hydrogens is 360 g/mol. The Labute approximate surface area is 154 Å². The number of anilines is 1. The van der Waals surface area contributed by atoms with E-state index in [-0.39, 0.29) is 29.8 Å². The highest BCUT2D eigenvalue weighted by molar-refractivity contribution is 7.17. The van der Waals surface area contributed by atoms with Gasteiger partial charge in [-0.2, -0.15) is 0 Å². The fourth-order valence-electron chi connectivity index (χ4n) is 3.11. The number of rotatable bonds is 4. The van der Waals surface area contributed by atoms with Gasteiger partial charge >= 0.3 is 11.8 Å². The summed E-state index contributed by atoms with van der Waals surface area (Å²) in [7, 11) is 0. The number of nitrogens with one attached hydrogen (secondary N) is 2. The van der Waals surface area contributed by atoms with Crippen molar-refractivity contribution in [2.75, 3.05) is 18.5 Å². The summed E-state index contributed by atoms with van der Waals surface area (Å²) in [5.41, 5.74) is 0.0287. The number of carbonyl (C=O) groups is 3. The highest BCUT2D eigenvalue weighted by Crippen LogP contribution is 2.40. The molecule has 0 radical (unpaired) electrons. The second kappa shape index (κ2) is 7.34. The number of carboxylic acid groups (broad SMARTS) is 1. The fraction of sp³-hybridized carbons (Fsp3) is 0.588. The van der Waals surface area contributed by atoms with E-state index in [0.29, 0.717) is 18.6 Å². The van der Waals surface area contributed by atoms with E-state index >= 15 is 0 Å². The lowest BCUT2D eigenvalue weighted by Gasteiger charge is -2.30. The molecule has 2 N–H and O–H groups in total. The Balaban J connectivity index is 1.70. The topological polar surface area (TPSA) is 117 Å². The van der Waals surface area contributed by atoms with Gasteiger partial charge in [-0.3, -0.25) is 9.59 Å². The van der Waals surface area contributed by atoms with Crippen molar-refractivity contribution in [3.8, 4) is 0 Å². The number of hydrogen-bond donors (Lipinski definition) is 2. The second-order valence-corrected chi connectivity index (χ2v) is 8.12. The highest BCUT2D eigenvalue weighted by atomic mass is 32.1. The fourth-order valence-corrected chi connectivity index (χ4v) is 4.22. The third kappa shape index (κ3) is 4.05. The number of amides is 2. The molecule has 9 heteroatoms. The molecule has 1 saturated heterocycles. The summed E-state index contributed by atoms with van der Waals surface area (Å²) in [6, 6.07) is 0. The van der Waals surface area contributed by atoms with E-state index in [1.165, 1.54) is 0 Å². The first-order valence-corrected chi connectivity index (χ1v) is 9.29. The number of fused-ring (bicyclic) bond motifs is 1. The minimum atomic E-state index is -1.38. The first kappa shape index (κ1) is 18.8. The number of carbonyl (C=O) groups excluding carboxylic acids is 3. The van der Waals surface area contributed by atoms with Gasteiger partial charge in [0.25, 0.3) is 0 Å². The van der Waals surface area contributed by atoms with Gasteiger partial charge in [0, 0.05) is 30.0 Å². The molecule has 3 rings (SSSR count). The van der Waals surface area contributed by atoms with Crippen molar-refractivity contribution in [2.45, 2.75) is 51.4 Å². The Kier molecular flexibility index (Phi) is 5.31. The van der Waals surface area contributed by atoms with E-state index in [4.69, 9.17) is 9.47 Å². The molecule has 26 heavy (non-hydrogen) atoms. The van der Waals surface area contributed by atoms with Crippen molar-refractivity contribution >= 4 is 34.1 Å². The van der Waals surface area contributed by atoms with E-state index in [0.717, 1.165) is 29.1 Å². The van der Waals surface area contributed by atoms with Gasteiger partial charge in [0.05, 0.1) is 24.3 Å². The molecule has 0 bridgehead atoms. The van der Waals surface area contributed by atoms with Gasteiger partial charge in [0.15, 0.2) is 0 Å². The third-order valence-corrected chi connectivity index (χ3v) is 5.56. The number of thiophene rings is 1. The molecule has 0 unspecified atom stereocenters. The number of ether oxygens (including phenoxy) is 2. The van der Waals surface area contributed by atoms with Crippen molar-refractivity contribution < 1.29 is 29.0 Å². The number of hydrogen-bond acceptors (Lipinski definition) is 7. The average Bonchev–Trinajstić information content (AvgIpc) is 3.18. The molecule has 2 aliphatic heterocycles. The molecule has 3 heterocycles. The van der Waals surface area contributed by atoms with Crippen LogP contribution in [0.15, 0.2) is 0 Å². The van der Waals surface area contributed by atoms with Gasteiger partial charge in [-0.15, -0.1) is 11.3 Å². The maximum absolute atomic E-state index is 12.1. The molecule has 1 aromatic heterocycles. The van der Waals surface area contributed by atoms with E-state index in [9.17, 15) is 19.5 Å². The van der Waals surface area contributed by atoms with Crippen LogP contribution in [0.4, 0.5) is 5.00 Å². The molecule has 1 atom stereocenters. The molecule has 0 saturated carbocycles. The third-order valence-electron chi connectivity index (χ3n) is 4.44. The van der Waals surface area contributed by atoms with Crippen LogP contribution in [0.1, 0.15) is 47.5 Å². The Hall–Kier alpha value is -1.97. The van der Waals surface area contributed by atoms with Crippen LogP contribution in [0.3, 0.4) is 0 Å². The van der Waals surface area contributed by atoms with Crippen LogP contribution in [0.5, 0.6) is 0 Å². The predicted octanol–water partition coefficient (Wildman–Crippen LogP) is 0.197. The summed E-state index contributed by atoms with van der Waals surface area (Å²) >= 11 is 1.10. The first-order valence-electron chi connectivity index (χ1n) is 8.47. The maximum atomic E-state index is 12.1. The largest absolute Gasteiger partial charge is 0.545 e. The zero-order valence-corrected chi connectivity index (χ0v) is 15.5. The van der Waals surface area contributed by atoms with Crippen LogP contribution in [0.25, 0.3) is 0 Å². The van der Waals surface area contributed by atoms with Gasteiger partial charge in [-0.05, 0) is 32.3 Å². The monoisotopic (exact) mass is 381 g/mol. The van der Waals surface area contributed by atoms with Gasteiger partial charge < -0.3 is 30.0 Å². The Bertz CT molecular complexity index is 736. The molecule has 0 spiro atoms. The molecular formula is C17H21N2O6S-. The van der Waals surface area contributed by atoms with Crippen LogP contribution in [0.2, 0.25) is 0 Å². The van der Waals surface area contributed by atoms with Gasteiger partial charge in [-0.1, -0.05) is 0 Å². The van der Waals surface area contributed by atoms with Gasteiger partial charge in [0.2, 0.25) is 0 Å². The first-order chi connectivity index (χ1) is 12.3. The minimum Gasteiger partial charge on any atom is -0.545 e. The predicted molar refractivity (Wildman–Crippen MR) is 91.8 cm³/mol. The van der Waals surface area contributed by atoms with Crippen molar-refractivity contribution in [3.05, 3.63) is 16.0 Å². The summed E-state index contributed by atoms with van der Waals surface area (Å²) in [6.07, 6.45) is 2.08. The number of aromatic carboxylic acids is 1. The zero-order chi connectivity index (χ0) is 18.9. The summed E-state index contributed by atoms with van der Waals surface area (Å²) in [4.78, 5) is 36.4. The lowest BCUT2D eigenvalue weighted by atomic mass is 9.93. The quantitative estimate of drug-likeness (QED) is 0.720. The Morgan fingerprint density at radius 1 is 1.31 bits per heavy atom. The van der Waals surface area contributed by atoms with Crippen molar-refractivity contribution in [1.82, 2.24) is 5.32 Å². The Morgan fingerprint density at radius 2 is 2.08 bits per heavy atom. The highest BCUT2D eigenvalue weighted by Gasteiger charge is 2.32. The molecule has 2 amide bonds. The lowest BCUT2D eigenvalue weighted by molar-refractivity contribution is -0.255. The minimum absolute atomic E-state index is 0.0679. The van der Waals surface area contributed by atoms with Crippen LogP contribution in [-0.4, -0.2) is 42.6 Å². The van der Waals surface area contributed by atoms with E-state index in [1.807, 2.05) is 13.8 Å². The van der Waals surface area contributed by atoms with E-state index in [2.05, 4.69) is 10.6 Å². The second-order valence-electron chi connectivity index (χ2n) is 7.02. The van der Waals surface area contributed by atoms with Crippen LogP contribution >= 0.6 is 11.3 Å².